The Kier molecular flexibility index (Phi) is 6.47. The van der Waals surface area contributed by atoms with Crippen molar-refractivity contribution in [2.45, 2.75) is 38.5 Å². The molecular weight excluding hydrogens is 517 g/mol. The van der Waals surface area contributed by atoms with Gasteiger partial charge in [0.1, 0.15) is 11.5 Å². The Labute approximate surface area is 235 Å². The smallest absolute Gasteiger partial charge is 0.224 e. The van der Waals surface area contributed by atoms with E-state index < -0.39 is 0 Å². The lowest BCUT2D eigenvalue weighted by Crippen LogP contribution is -2.18. The SMILES string of the molecule is O=C(CC1CCCCC1)Nc1cncc(-c2cc3c(-c4cc5c(-c6ccccc6F)cncc5[nH]4)n[nH]c3cn2)c1. The zero-order valence-corrected chi connectivity index (χ0v) is 22.3. The standard InChI is InChI=1S/C32H28FN7O/c33-26-9-5-4-8-22(26)25-16-35-17-29-23(25)12-28(38-29)32-24-13-27(36-18-30(24)39-40-32)20-11-21(15-34-14-20)37-31(41)10-19-6-2-1-3-7-19/h4-5,8-9,11-19,38H,1-3,6-7,10H2,(H,37,41)(H,39,40). The number of anilines is 1. The Morgan fingerprint density at radius 3 is 2.63 bits per heavy atom. The van der Waals surface area contributed by atoms with Gasteiger partial charge in [-0.1, -0.05) is 37.5 Å². The monoisotopic (exact) mass is 545 g/mol. The number of carbonyl (C=O) groups excluding carboxylic acids is 1. The van der Waals surface area contributed by atoms with Crippen LogP contribution in [0.5, 0.6) is 0 Å². The highest BCUT2D eigenvalue weighted by atomic mass is 19.1. The van der Waals surface area contributed by atoms with Crippen LogP contribution in [-0.2, 0) is 4.79 Å². The normalized spacial score (nSPS) is 14.1. The molecule has 9 heteroatoms. The maximum absolute atomic E-state index is 14.6. The molecule has 1 fully saturated rings. The first-order valence-corrected chi connectivity index (χ1v) is 13.9. The first kappa shape index (κ1) is 25.1. The number of nitrogens with one attached hydrogen (secondary N) is 3. The van der Waals surface area contributed by atoms with Crippen LogP contribution in [0.1, 0.15) is 38.5 Å². The summed E-state index contributed by atoms with van der Waals surface area (Å²) in [6.07, 6.45) is 15.0. The largest absolute Gasteiger partial charge is 0.352 e. The van der Waals surface area contributed by atoms with E-state index >= 15 is 0 Å². The summed E-state index contributed by atoms with van der Waals surface area (Å²) in [4.78, 5) is 29.4. The second-order valence-corrected chi connectivity index (χ2v) is 10.7. The summed E-state index contributed by atoms with van der Waals surface area (Å²) in [5.41, 5.74) is 6.40. The van der Waals surface area contributed by atoms with E-state index in [0.29, 0.717) is 40.5 Å². The van der Waals surface area contributed by atoms with Crippen molar-refractivity contribution in [3.8, 4) is 33.8 Å². The van der Waals surface area contributed by atoms with Crippen molar-refractivity contribution in [2.24, 2.45) is 5.92 Å². The van der Waals surface area contributed by atoms with Crippen LogP contribution in [0.3, 0.4) is 0 Å². The minimum Gasteiger partial charge on any atom is -0.352 e. The highest BCUT2D eigenvalue weighted by Gasteiger charge is 2.18. The summed E-state index contributed by atoms with van der Waals surface area (Å²) in [5, 5.41) is 12.4. The highest BCUT2D eigenvalue weighted by molar-refractivity contribution is 6.01. The summed E-state index contributed by atoms with van der Waals surface area (Å²) >= 11 is 0. The molecule has 1 aliphatic carbocycles. The van der Waals surface area contributed by atoms with E-state index in [-0.39, 0.29) is 11.7 Å². The van der Waals surface area contributed by atoms with Crippen molar-refractivity contribution in [1.82, 2.24) is 30.1 Å². The number of aromatic nitrogens is 6. The fraction of sp³-hybridized carbons (Fsp3) is 0.219. The molecule has 0 spiro atoms. The third-order valence-electron chi connectivity index (χ3n) is 7.93. The molecule has 0 radical (unpaired) electrons. The average molecular weight is 546 g/mol. The first-order chi connectivity index (χ1) is 20.1. The van der Waals surface area contributed by atoms with Gasteiger partial charge >= 0.3 is 0 Å². The first-order valence-electron chi connectivity index (χ1n) is 13.9. The van der Waals surface area contributed by atoms with Crippen LogP contribution >= 0.6 is 0 Å². The lowest BCUT2D eigenvalue weighted by molar-refractivity contribution is -0.117. The van der Waals surface area contributed by atoms with Crippen molar-refractivity contribution in [1.29, 1.82) is 0 Å². The molecule has 1 aliphatic rings. The molecule has 7 rings (SSSR count). The van der Waals surface area contributed by atoms with Crippen LogP contribution in [0.2, 0.25) is 0 Å². The topological polar surface area (TPSA) is 112 Å². The van der Waals surface area contributed by atoms with Gasteiger partial charge in [-0.15, -0.1) is 0 Å². The summed E-state index contributed by atoms with van der Waals surface area (Å²) in [5.74, 6) is 0.192. The van der Waals surface area contributed by atoms with Gasteiger partial charge in [-0.2, -0.15) is 5.10 Å². The van der Waals surface area contributed by atoms with Gasteiger partial charge in [-0.05, 0) is 43.0 Å². The molecule has 204 valence electrons. The van der Waals surface area contributed by atoms with Crippen LogP contribution < -0.4 is 5.32 Å². The summed E-state index contributed by atoms with van der Waals surface area (Å²) < 4.78 is 14.6. The fourth-order valence-corrected chi connectivity index (χ4v) is 5.87. The van der Waals surface area contributed by atoms with Crippen molar-refractivity contribution in [3.05, 3.63) is 79.3 Å². The number of nitrogens with zero attached hydrogens (tertiary/aromatic N) is 4. The van der Waals surface area contributed by atoms with E-state index in [1.807, 2.05) is 24.3 Å². The number of amides is 1. The molecular formula is C32H28FN7O. The fourth-order valence-electron chi connectivity index (χ4n) is 5.87. The zero-order chi connectivity index (χ0) is 27.8. The molecule has 0 saturated heterocycles. The molecule has 5 aromatic heterocycles. The quantitative estimate of drug-likeness (QED) is 0.204. The van der Waals surface area contributed by atoms with E-state index in [4.69, 9.17) is 0 Å². The van der Waals surface area contributed by atoms with Gasteiger partial charge in [-0.25, -0.2) is 4.39 Å². The number of H-pyrrole nitrogens is 2. The Morgan fingerprint density at radius 2 is 1.76 bits per heavy atom. The van der Waals surface area contributed by atoms with Gasteiger partial charge in [0.05, 0.1) is 46.7 Å². The third-order valence-corrected chi connectivity index (χ3v) is 7.93. The number of pyridine rings is 3. The third kappa shape index (κ3) is 4.95. The van der Waals surface area contributed by atoms with Crippen LogP contribution in [0.4, 0.5) is 10.1 Å². The molecule has 3 N–H and O–H groups in total. The second kappa shape index (κ2) is 10.6. The van der Waals surface area contributed by atoms with Gasteiger partial charge in [0.2, 0.25) is 5.91 Å². The maximum Gasteiger partial charge on any atom is 0.224 e. The predicted molar refractivity (Wildman–Crippen MR) is 157 cm³/mol. The predicted octanol–water partition coefficient (Wildman–Crippen LogP) is 7.28. The minimum absolute atomic E-state index is 0.0273. The van der Waals surface area contributed by atoms with E-state index in [0.717, 1.165) is 45.9 Å². The summed E-state index contributed by atoms with van der Waals surface area (Å²) in [6.45, 7) is 0. The van der Waals surface area contributed by atoms with Crippen LogP contribution in [0.15, 0.2) is 73.4 Å². The Bertz CT molecular complexity index is 1890. The van der Waals surface area contributed by atoms with Crippen LogP contribution in [-0.4, -0.2) is 36.0 Å². The van der Waals surface area contributed by atoms with Gasteiger partial charge in [0.25, 0.3) is 0 Å². The molecule has 8 nitrogen and oxygen atoms in total. The molecule has 6 aromatic rings. The number of halogens is 1. The Hall–Kier alpha value is -4.92. The second-order valence-electron chi connectivity index (χ2n) is 10.7. The Balaban J connectivity index is 1.20. The number of rotatable bonds is 6. The van der Waals surface area contributed by atoms with E-state index in [9.17, 15) is 9.18 Å². The van der Waals surface area contributed by atoms with Crippen molar-refractivity contribution < 1.29 is 9.18 Å². The van der Waals surface area contributed by atoms with E-state index in [2.05, 4.69) is 35.5 Å². The molecule has 1 amide bonds. The van der Waals surface area contributed by atoms with Crippen LogP contribution in [0.25, 0.3) is 55.6 Å². The Morgan fingerprint density at radius 1 is 0.902 bits per heavy atom. The number of hydrogen-bond acceptors (Lipinski definition) is 5. The molecule has 0 aliphatic heterocycles. The summed E-state index contributed by atoms with van der Waals surface area (Å²) in [6, 6.07) is 12.5. The van der Waals surface area contributed by atoms with Crippen LogP contribution in [0, 0.1) is 11.7 Å². The van der Waals surface area contributed by atoms with Gasteiger partial charge in [0.15, 0.2) is 0 Å². The summed E-state index contributed by atoms with van der Waals surface area (Å²) in [7, 11) is 0. The molecule has 5 heterocycles. The number of carbonyl (C=O) groups is 1. The van der Waals surface area contributed by atoms with Gasteiger partial charge < -0.3 is 10.3 Å². The lowest BCUT2D eigenvalue weighted by atomic mass is 9.87. The van der Waals surface area contributed by atoms with Crippen molar-refractivity contribution in [2.75, 3.05) is 5.32 Å². The minimum atomic E-state index is -0.300. The maximum atomic E-state index is 14.6. The lowest BCUT2D eigenvalue weighted by Gasteiger charge is -2.20. The number of benzene rings is 1. The van der Waals surface area contributed by atoms with E-state index in [1.54, 1.807) is 43.1 Å². The number of aromatic amines is 2. The molecule has 1 aromatic carbocycles. The number of hydrogen-bond donors (Lipinski definition) is 3. The van der Waals surface area contributed by atoms with E-state index in [1.165, 1.54) is 25.3 Å². The molecule has 1 saturated carbocycles. The highest BCUT2D eigenvalue weighted by Crippen LogP contribution is 2.35. The van der Waals surface area contributed by atoms with Gasteiger partial charge in [-0.3, -0.25) is 24.8 Å². The molecule has 0 atom stereocenters. The molecule has 0 unspecified atom stereocenters. The van der Waals surface area contributed by atoms with Crippen molar-refractivity contribution in [3.63, 3.8) is 0 Å². The molecule has 41 heavy (non-hydrogen) atoms. The zero-order valence-electron chi connectivity index (χ0n) is 22.3. The number of fused-ring (bicyclic) bond motifs is 2. The van der Waals surface area contributed by atoms with Gasteiger partial charge in [0, 0.05) is 46.3 Å². The van der Waals surface area contributed by atoms with Crippen molar-refractivity contribution >= 4 is 33.4 Å². The average Bonchev–Trinajstić information content (AvgIpc) is 3.62. The molecule has 0 bridgehead atoms.